The third kappa shape index (κ3) is 4.14. The number of halogens is 1. The van der Waals surface area contributed by atoms with E-state index in [1.165, 1.54) is 6.07 Å². The highest BCUT2D eigenvalue weighted by Gasteiger charge is 2.26. The first-order valence-corrected chi connectivity index (χ1v) is 11.0. The maximum Gasteiger partial charge on any atom is 0.228 e. The number of morpholine rings is 1. The lowest BCUT2D eigenvalue weighted by molar-refractivity contribution is 0.0391. The van der Waals surface area contributed by atoms with Crippen LogP contribution in [0.2, 0.25) is 0 Å². The van der Waals surface area contributed by atoms with Crippen molar-refractivity contribution in [3.05, 3.63) is 70.6 Å². The number of rotatable bonds is 3. The van der Waals surface area contributed by atoms with Gasteiger partial charge in [0.15, 0.2) is 5.65 Å². The van der Waals surface area contributed by atoms with E-state index in [-0.39, 0.29) is 11.9 Å². The average Bonchev–Trinajstić information content (AvgIpc) is 2.80. The van der Waals surface area contributed by atoms with Crippen LogP contribution in [0, 0.1) is 33.5 Å². The minimum absolute atomic E-state index is 0.134. The lowest BCUT2D eigenvalue weighted by Gasteiger charge is -2.33. The van der Waals surface area contributed by atoms with Crippen molar-refractivity contribution in [1.29, 1.82) is 0 Å². The van der Waals surface area contributed by atoms with Crippen LogP contribution in [0.3, 0.4) is 0 Å². The molecule has 0 unspecified atom stereocenters. The van der Waals surface area contributed by atoms with Crippen molar-refractivity contribution < 1.29 is 9.13 Å². The SMILES string of the molecule is Cc1ccc(-c2nc(N3CCO[C@H](c4ccnc(C)c4)C3)nc3nc(C)c(C)nc23)c(F)c1. The number of aryl methyl sites for hydroxylation is 4. The Morgan fingerprint density at radius 3 is 2.58 bits per heavy atom. The van der Waals surface area contributed by atoms with Crippen LogP contribution in [0.25, 0.3) is 22.4 Å². The van der Waals surface area contributed by atoms with Gasteiger partial charge in [0.1, 0.15) is 23.1 Å². The maximum absolute atomic E-state index is 15.0. The summed E-state index contributed by atoms with van der Waals surface area (Å²) in [5, 5.41) is 0. The first kappa shape index (κ1) is 21.3. The summed E-state index contributed by atoms with van der Waals surface area (Å²) in [5.41, 5.74) is 6.20. The van der Waals surface area contributed by atoms with E-state index in [2.05, 4.69) is 19.9 Å². The highest BCUT2D eigenvalue weighted by molar-refractivity contribution is 5.88. The van der Waals surface area contributed by atoms with Gasteiger partial charge in [-0.3, -0.25) is 4.98 Å². The van der Waals surface area contributed by atoms with E-state index in [4.69, 9.17) is 14.7 Å². The number of pyridine rings is 1. The maximum atomic E-state index is 15.0. The van der Waals surface area contributed by atoms with E-state index in [9.17, 15) is 4.39 Å². The summed E-state index contributed by atoms with van der Waals surface area (Å²) in [6, 6.07) is 9.12. The second kappa shape index (κ2) is 8.44. The summed E-state index contributed by atoms with van der Waals surface area (Å²) in [4.78, 5) is 25.2. The fourth-order valence-electron chi connectivity index (χ4n) is 4.04. The molecule has 0 bridgehead atoms. The predicted octanol–water partition coefficient (Wildman–Crippen LogP) is 4.43. The predicted molar refractivity (Wildman–Crippen MR) is 125 cm³/mol. The third-order valence-corrected chi connectivity index (χ3v) is 5.95. The molecule has 8 heteroatoms. The van der Waals surface area contributed by atoms with Gasteiger partial charge in [-0.15, -0.1) is 0 Å². The van der Waals surface area contributed by atoms with Gasteiger partial charge in [-0.1, -0.05) is 6.07 Å². The van der Waals surface area contributed by atoms with Gasteiger partial charge in [0.2, 0.25) is 5.95 Å². The zero-order valence-electron chi connectivity index (χ0n) is 19.1. The topological polar surface area (TPSA) is 76.9 Å². The highest BCUT2D eigenvalue weighted by atomic mass is 19.1. The second-order valence-corrected chi connectivity index (χ2v) is 8.46. The average molecular weight is 445 g/mol. The Morgan fingerprint density at radius 2 is 1.79 bits per heavy atom. The molecule has 0 amide bonds. The minimum Gasteiger partial charge on any atom is -0.370 e. The minimum atomic E-state index is -0.340. The van der Waals surface area contributed by atoms with Crippen LogP contribution in [0.1, 0.15) is 34.3 Å². The van der Waals surface area contributed by atoms with Crippen molar-refractivity contribution in [3.8, 4) is 11.3 Å². The van der Waals surface area contributed by atoms with Gasteiger partial charge in [-0.05, 0) is 63.1 Å². The van der Waals surface area contributed by atoms with Crippen LogP contribution in [-0.2, 0) is 4.74 Å². The zero-order chi connectivity index (χ0) is 23.1. The van der Waals surface area contributed by atoms with Gasteiger partial charge in [0, 0.05) is 24.0 Å². The Kier molecular flexibility index (Phi) is 5.46. The van der Waals surface area contributed by atoms with Gasteiger partial charge >= 0.3 is 0 Å². The molecule has 1 aliphatic rings. The Morgan fingerprint density at radius 1 is 0.970 bits per heavy atom. The smallest absolute Gasteiger partial charge is 0.228 e. The second-order valence-electron chi connectivity index (χ2n) is 8.46. The summed E-state index contributed by atoms with van der Waals surface area (Å²) in [7, 11) is 0. The van der Waals surface area contributed by atoms with Crippen LogP contribution in [-0.4, -0.2) is 44.6 Å². The molecule has 0 saturated carbocycles. The molecule has 0 N–H and O–H groups in total. The van der Waals surface area contributed by atoms with Crippen LogP contribution in [0.15, 0.2) is 36.5 Å². The number of ether oxygens (including phenoxy) is 1. The number of hydrogen-bond donors (Lipinski definition) is 0. The van der Waals surface area contributed by atoms with Crippen molar-refractivity contribution in [2.45, 2.75) is 33.8 Å². The molecule has 168 valence electrons. The summed E-state index contributed by atoms with van der Waals surface area (Å²) < 4.78 is 21.0. The molecule has 0 radical (unpaired) electrons. The van der Waals surface area contributed by atoms with Gasteiger partial charge in [0.25, 0.3) is 0 Å². The third-order valence-electron chi connectivity index (χ3n) is 5.95. The van der Waals surface area contributed by atoms with Crippen molar-refractivity contribution in [2.24, 2.45) is 0 Å². The van der Waals surface area contributed by atoms with Gasteiger partial charge < -0.3 is 9.64 Å². The molecule has 1 aromatic carbocycles. The Balaban J connectivity index is 1.62. The van der Waals surface area contributed by atoms with Crippen molar-refractivity contribution in [2.75, 3.05) is 24.6 Å². The number of aromatic nitrogens is 5. The van der Waals surface area contributed by atoms with Crippen LogP contribution < -0.4 is 4.90 Å². The van der Waals surface area contributed by atoms with E-state index in [0.717, 1.165) is 28.2 Å². The lowest BCUT2D eigenvalue weighted by Crippen LogP contribution is -2.39. The highest BCUT2D eigenvalue weighted by Crippen LogP contribution is 2.31. The summed E-state index contributed by atoms with van der Waals surface area (Å²) in [5.74, 6) is 0.155. The van der Waals surface area contributed by atoms with Crippen molar-refractivity contribution >= 4 is 17.1 Å². The Bertz CT molecular complexity index is 1360. The molecule has 4 heterocycles. The Hall–Kier alpha value is -3.52. The van der Waals surface area contributed by atoms with Crippen LogP contribution >= 0.6 is 0 Å². The van der Waals surface area contributed by atoms with E-state index in [1.807, 2.05) is 45.9 Å². The molecule has 7 nitrogen and oxygen atoms in total. The van der Waals surface area contributed by atoms with E-state index < -0.39 is 0 Å². The fraction of sp³-hybridized carbons (Fsp3) is 0.320. The fourth-order valence-corrected chi connectivity index (χ4v) is 4.04. The molecular formula is C25H25FN6O. The molecule has 5 rings (SSSR count). The summed E-state index contributed by atoms with van der Waals surface area (Å²) in [6.07, 6.45) is 1.66. The molecule has 33 heavy (non-hydrogen) atoms. The molecule has 4 aromatic rings. The first-order chi connectivity index (χ1) is 15.9. The largest absolute Gasteiger partial charge is 0.370 e. The number of fused-ring (bicyclic) bond motifs is 1. The molecule has 1 atom stereocenters. The van der Waals surface area contributed by atoms with Crippen molar-refractivity contribution in [1.82, 2.24) is 24.9 Å². The zero-order valence-corrected chi connectivity index (χ0v) is 19.1. The van der Waals surface area contributed by atoms with Crippen LogP contribution in [0.5, 0.6) is 0 Å². The molecular weight excluding hydrogens is 419 g/mol. The molecule has 1 fully saturated rings. The monoisotopic (exact) mass is 444 g/mol. The first-order valence-electron chi connectivity index (χ1n) is 11.0. The quantitative estimate of drug-likeness (QED) is 0.463. The lowest BCUT2D eigenvalue weighted by atomic mass is 10.1. The standard InChI is InChI=1S/C25H25FN6O/c1-14-5-6-19(20(26)11-14)22-23-24(29-17(4)16(3)28-23)31-25(30-22)32-9-10-33-21(13-32)18-7-8-27-15(2)12-18/h5-8,11-12,21H,9-10,13H2,1-4H3/t21-/m0/s1. The summed E-state index contributed by atoms with van der Waals surface area (Å²) >= 11 is 0. The van der Waals surface area contributed by atoms with Gasteiger partial charge in [-0.2, -0.15) is 4.98 Å². The van der Waals surface area contributed by atoms with Gasteiger partial charge in [0.05, 0.1) is 24.5 Å². The normalized spacial score (nSPS) is 16.4. The molecule has 1 aliphatic heterocycles. The number of benzene rings is 1. The summed E-state index contributed by atoms with van der Waals surface area (Å²) in [6.45, 7) is 9.32. The molecule has 0 spiro atoms. The molecule has 1 saturated heterocycles. The van der Waals surface area contributed by atoms with E-state index >= 15 is 0 Å². The van der Waals surface area contributed by atoms with E-state index in [1.54, 1.807) is 12.3 Å². The van der Waals surface area contributed by atoms with Gasteiger partial charge in [-0.25, -0.2) is 19.3 Å². The van der Waals surface area contributed by atoms with Crippen LogP contribution in [0.4, 0.5) is 10.3 Å². The Labute approximate surface area is 191 Å². The van der Waals surface area contributed by atoms with E-state index in [0.29, 0.717) is 48.1 Å². The number of hydrogen-bond acceptors (Lipinski definition) is 7. The number of nitrogens with zero attached hydrogens (tertiary/aromatic N) is 6. The number of anilines is 1. The molecule has 0 aliphatic carbocycles. The van der Waals surface area contributed by atoms with Crippen molar-refractivity contribution in [3.63, 3.8) is 0 Å². The molecule has 3 aromatic heterocycles.